The molecule has 17 heavy (non-hydrogen) atoms. The molecule has 1 saturated carbocycles. The average Bonchev–Trinajstić information content (AvgIpc) is 2.96. The van der Waals surface area contributed by atoms with Gasteiger partial charge in [-0.25, -0.2) is 8.42 Å². The predicted octanol–water partition coefficient (Wildman–Crippen LogP) is 2.85. The van der Waals surface area contributed by atoms with Gasteiger partial charge in [-0.2, -0.15) is 0 Å². The maximum absolute atomic E-state index is 11.7. The van der Waals surface area contributed by atoms with Crippen LogP contribution in [0.3, 0.4) is 0 Å². The van der Waals surface area contributed by atoms with Gasteiger partial charge in [-0.05, 0) is 30.9 Å². The fourth-order valence-electron chi connectivity index (χ4n) is 1.44. The summed E-state index contributed by atoms with van der Waals surface area (Å²) in [5.41, 5.74) is 0.262. The van der Waals surface area contributed by atoms with E-state index in [1.54, 1.807) is 0 Å². The third-order valence-electron chi connectivity index (χ3n) is 2.44. The van der Waals surface area contributed by atoms with Crippen LogP contribution in [-0.4, -0.2) is 19.3 Å². The summed E-state index contributed by atoms with van der Waals surface area (Å²) in [6.45, 7) is 0. The molecule has 94 valence electrons. The Labute approximate surface area is 110 Å². The second-order valence-electron chi connectivity index (χ2n) is 4.12. The molecule has 0 unspecified atom stereocenters. The molecule has 2 rings (SSSR count). The number of nitrogens with one attached hydrogen (secondary N) is 1. The van der Waals surface area contributed by atoms with E-state index < -0.39 is 10.0 Å². The number of rotatable bonds is 4. The lowest BCUT2D eigenvalue weighted by Gasteiger charge is -2.09. The van der Waals surface area contributed by atoms with Crippen molar-refractivity contribution in [2.24, 2.45) is 5.92 Å². The Balaban J connectivity index is 2.17. The number of hydrogen-bond donors (Lipinski definition) is 2. The first kappa shape index (κ1) is 12.8. The fourth-order valence-corrected chi connectivity index (χ4v) is 3.44. The Morgan fingerprint density at radius 3 is 2.29 bits per heavy atom. The molecule has 1 aliphatic carbocycles. The van der Waals surface area contributed by atoms with E-state index >= 15 is 0 Å². The summed E-state index contributed by atoms with van der Waals surface area (Å²) in [6, 6.07) is 2.65. The van der Waals surface area contributed by atoms with Gasteiger partial charge in [0.25, 0.3) is 0 Å². The van der Waals surface area contributed by atoms with Crippen LogP contribution in [0.5, 0.6) is 5.75 Å². The van der Waals surface area contributed by atoms with Crippen molar-refractivity contribution in [3.05, 3.63) is 22.2 Å². The van der Waals surface area contributed by atoms with Crippen LogP contribution in [0.4, 0.5) is 5.69 Å². The highest BCUT2D eigenvalue weighted by atomic mass is 35.5. The van der Waals surface area contributed by atoms with Crippen molar-refractivity contribution < 1.29 is 13.5 Å². The van der Waals surface area contributed by atoms with Crippen molar-refractivity contribution in [1.82, 2.24) is 0 Å². The van der Waals surface area contributed by atoms with E-state index in [0.717, 1.165) is 12.8 Å². The Morgan fingerprint density at radius 2 is 1.82 bits per heavy atom. The van der Waals surface area contributed by atoms with Gasteiger partial charge in [0, 0.05) is 0 Å². The van der Waals surface area contributed by atoms with Crippen LogP contribution >= 0.6 is 23.2 Å². The van der Waals surface area contributed by atoms with Crippen LogP contribution in [0.15, 0.2) is 12.1 Å². The van der Waals surface area contributed by atoms with E-state index in [4.69, 9.17) is 23.2 Å². The molecule has 0 saturated heterocycles. The Kier molecular flexibility index (Phi) is 3.43. The van der Waals surface area contributed by atoms with Gasteiger partial charge in [0.05, 0.1) is 21.5 Å². The average molecular weight is 296 g/mol. The van der Waals surface area contributed by atoms with Crippen molar-refractivity contribution in [2.45, 2.75) is 12.8 Å². The standard InChI is InChI=1S/C10H11Cl2NO3S/c11-8-3-7(4-9(12)10(8)14)13-17(15,16)5-6-1-2-6/h3-4,6,13-14H,1-2,5H2. The van der Waals surface area contributed by atoms with E-state index in [0.29, 0.717) is 0 Å². The molecule has 7 heteroatoms. The first-order chi connectivity index (χ1) is 7.87. The maximum atomic E-state index is 11.7. The smallest absolute Gasteiger partial charge is 0.232 e. The van der Waals surface area contributed by atoms with Crippen LogP contribution in [0.2, 0.25) is 10.0 Å². The number of sulfonamides is 1. The zero-order valence-electron chi connectivity index (χ0n) is 8.78. The summed E-state index contributed by atoms with van der Waals surface area (Å²) in [4.78, 5) is 0. The number of phenols is 1. The van der Waals surface area contributed by atoms with Gasteiger partial charge in [0.1, 0.15) is 0 Å². The van der Waals surface area contributed by atoms with Crippen LogP contribution in [-0.2, 0) is 10.0 Å². The monoisotopic (exact) mass is 295 g/mol. The van der Waals surface area contributed by atoms with Crippen molar-refractivity contribution in [3.63, 3.8) is 0 Å². The minimum atomic E-state index is -3.37. The minimum absolute atomic E-state index is 0.0154. The van der Waals surface area contributed by atoms with E-state index in [1.165, 1.54) is 12.1 Å². The van der Waals surface area contributed by atoms with Gasteiger partial charge in [0.2, 0.25) is 10.0 Å². The van der Waals surface area contributed by atoms with E-state index in [1.807, 2.05) is 0 Å². The molecule has 2 N–H and O–H groups in total. The number of benzene rings is 1. The molecule has 1 fully saturated rings. The topological polar surface area (TPSA) is 66.4 Å². The van der Waals surface area contributed by atoms with Crippen LogP contribution in [0, 0.1) is 5.92 Å². The van der Waals surface area contributed by atoms with E-state index in [9.17, 15) is 13.5 Å². The zero-order valence-corrected chi connectivity index (χ0v) is 11.1. The molecule has 0 aliphatic heterocycles. The second-order valence-corrected chi connectivity index (χ2v) is 6.70. The summed E-state index contributed by atoms with van der Waals surface area (Å²) in [5, 5.41) is 9.37. The van der Waals surface area contributed by atoms with E-state index in [2.05, 4.69) is 4.72 Å². The molecular formula is C10H11Cl2NO3S. The molecule has 1 aromatic rings. The quantitative estimate of drug-likeness (QED) is 0.840. The lowest BCUT2D eigenvalue weighted by molar-refractivity contribution is 0.476. The summed E-state index contributed by atoms with van der Waals surface area (Å²) in [7, 11) is -3.37. The molecular weight excluding hydrogens is 285 g/mol. The molecule has 1 aliphatic rings. The molecule has 0 bridgehead atoms. The van der Waals surface area contributed by atoms with Crippen molar-refractivity contribution in [1.29, 1.82) is 0 Å². The number of hydrogen-bond acceptors (Lipinski definition) is 3. The van der Waals surface area contributed by atoms with Crippen LogP contribution in [0.25, 0.3) is 0 Å². The molecule has 1 aromatic carbocycles. The molecule has 4 nitrogen and oxygen atoms in total. The molecule has 0 aromatic heterocycles. The normalized spacial score (nSPS) is 15.9. The minimum Gasteiger partial charge on any atom is -0.505 e. The van der Waals surface area contributed by atoms with Gasteiger partial charge in [-0.3, -0.25) is 4.72 Å². The summed E-state index contributed by atoms with van der Waals surface area (Å²) in [6.07, 6.45) is 1.91. The lowest BCUT2D eigenvalue weighted by atomic mass is 10.3. The first-order valence-electron chi connectivity index (χ1n) is 5.06. The summed E-state index contributed by atoms with van der Waals surface area (Å²) in [5.74, 6) is 0.123. The largest absolute Gasteiger partial charge is 0.505 e. The number of halogens is 2. The Hall–Kier alpha value is -0.650. The van der Waals surface area contributed by atoms with Gasteiger partial charge in [-0.15, -0.1) is 0 Å². The number of aromatic hydroxyl groups is 1. The zero-order chi connectivity index (χ0) is 12.6. The highest BCUT2D eigenvalue weighted by Crippen LogP contribution is 2.35. The molecule has 0 amide bonds. The Morgan fingerprint density at radius 1 is 1.29 bits per heavy atom. The number of anilines is 1. The van der Waals surface area contributed by atoms with Crippen LogP contribution in [0.1, 0.15) is 12.8 Å². The highest BCUT2D eigenvalue weighted by molar-refractivity contribution is 7.92. The van der Waals surface area contributed by atoms with Crippen LogP contribution < -0.4 is 4.72 Å². The van der Waals surface area contributed by atoms with Gasteiger partial charge < -0.3 is 5.11 Å². The third kappa shape index (κ3) is 3.40. The van der Waals surface area contributed by atoms with Gasteiger partial charge >= 0.3 is 0 Å². The first-order valence-corrected chi connectivity index (χ1v) is 7.47. The maximum Gasteiger partial charge on any atom is 0.232 e. The van der Waals surface area contributed by atoms with Crippen molar-refractivity contribution in [2.75, 3.05) is 10.5 Å². The third-order valence-corrected chi connectivity index (χ3v) is 4.48. The SMILES string of the molecule is O=S(=O)(CC1CC1)Nc1cc(Cl)c(O)c(Cl)c1. The lowest BCUT2D eigenvalue weighted by Crippen LogP contribution is -2.17. The predicted molar refractivity (Wildman–Crippen MR) is 68.3 cm³/mol. The summed E-state index contributed by atoms with van der Waals surface area (Å²) < 4.78 is 25.8. The molecule has 0 atom stereocenters. The van der Waals surface area contributed by atoms with Crippen molar-refractivity contribution in [3.8, 4) is 5.75 Å². The fraction of sp³-hybridized carbons (Fsp3) is 0.400. The van der Waals surface area contributed by atoms with Gasteiger partial charge in [0.15, 0.2) is 5.75 Å². The molecule has 0 heterocycles. The van der Waals surface area contributed by atoms with Gasteiger partial charge in [-0.1, -0.05) is 23.2 Å². The summed E-state index contributed by atoms with van der Waals surface area (Å²) >= 11 is 11.4. The molecule has 0 spiro atoms. The van der Waals surface area contributed by atoms with E-state index in [-0.39, 0.29) is 33.2 Å². The number of phenolic OH excluding ortho intramolecular Hbond substituents is 1. The van der Waals surface area contributed by atoms with Crippen molar-refractivity contribution >= 4 is 38.9 Å². The Bertz CT molecular complexity index is 517. The molecule has 0 radical (unpaired) electrons. The highest BCUT2D eigenvalue weighted by Gasteiger charge is 2.28. The second kappa shape index (κ2) is 4.55.